The monoisotopic (exact) mass is 529 g/mol. The van der Waals surface area contributed by atoms with Crippen LogP contribution in [-0.4, -0.2) is 22.5 Å². The van der Waals surface area contributed by atoms with Gasteiger partial charge in [-0.1, -0.05) is 96.2 Å². The lowest BCUT2D eigenvalue weighted by molar-refractivity contribution is -0.138. The van der Waals surface area contributed by atoms with Gasteiger partial charge in [0.05, 0.1) is 29.4 Å². The topological polar surface area (TPSA) is 84.1 Å². The van der Waals surface area contributed by atoms with Crippen LogP contribution in [0.5, 0.6) is 0 Å². The number of hydrogen-bond acceptors (Lipinski definition) is 6. The Morgan fingerprint density at radius 2 is 1.68 bits per heavy atom. The van der Waals surface area contributed by atoms with Crippen molar-refractivity contribution in [2.24, 2.45) is 0 Å². The number of rotatable bonds is 7. The average Bonchev–Trinajstić information content (AvgIpc) is 2.92. The summed E-state index contributed by atoms with van der Waals surface area (Å²) >= 11 is 7.60. The van der Waals surface area contributed by atoms with E-state index in [1.165, 1.54) is 11.8 Å². The molecule has 0 bridgehead atoms. The summed E-state index contributed by atoms with van der Waals surface area (Å²) in [5.41, 5.74) is 3.59. The number of halogens is 1. The fraction of sp³-hybridized carbons (Fsp3) is 0.138. The van der Waals surface area contributed by atoms with Gasteiger partial charge in [0.15, 0.2) is 5.16 Å². The van der Waals surface area contributed by atoms with Crippen molar-refractivity contribution in [1.82, 2.24) is 9.97 Å². The number of carbonyl (C=O) groups excluding carboxylic acids is 1. The molecule has 8 heteroatoms. The summed E-state index contributed by atoms with van der Waals surface area (Å²) in [4.78, 5) is 34.7. The van der Waals surface area contributed by atoms with E-state index in [-0.39, 0.29) is 12.2 Å². The Morgan fingerprint density at radius 1 is 1.00 bits per heavy atom. The zero-order chi connectivity index (χ0) is 25.8. The summed E-state index contributed by atoms with van der Waals surface area (Å²) in [7, 11) is 0. The van der Waals surface area contributed by atoms with Crippen LogP contribution in [0.3, 0.4) is 0 Å². The normalized spacial score (nSPS) is 14.6. The third-order valence-corrected chi connectivity index (χ3v) is 7.20. The van der Waals surface area contributed by atoms with Crippen molar-refractivity contribution in [3.05, 3.63) is 128 Å². The molecule has 0 fully saturated rings. The van der Waals surface area contributed by atoms with Crippen LogP contribution in [0.25, 0.3) is 5.70 Å². The third-order valence-electron chi connectivity index (χ3n) is 6.00. The minimum Gasteiger partial charge on any atom is -0.463 e. The van der Waals surface area contributed by atoms with E-state index in [0.717, 1.165) is 16.7 Å². The lowest BCUT2D eigenvalue weighted by atomic mass is 9.81. The van der Waals surface area contributed by atoms with E-state index in [1.807, 2.05) is 72.8 Å². The molecule has 1 aliphatic heterocycles. The molecule has 2 N–H and O–H groups in total. The zero-order valence-corrected chi connectivity index (χ0v) is 21.6. The highest BCUT2D eigenvalue weighted by Gasteiger charge is 2.38. The van der Waals surface area contributed by atoms with Crippen LogP contribution in [0.15, 0.2) is 100 Å². The molecule has 1 aliphatic rings. The molecule has 1 atom stereocenters. The minimum atomic E-state index is -0.702. The number of H-pyrrole nitrogens is 1. The van der Waals surface area contributed by atoms with Gasteiger partial charge in [0.2, 0.25) is 0 Å². The minimum absolute atomic E-state index is 0.203. The first-order valence-corrected chi connectivity index (χ1v) is 13.2. The molecule has 3 aromatic carbocycles. The van der Waals surface area contributed by atoms with Crippen molar-refractivity contribution in [2.75, 3.05) is 11.9 Å². The molecule has 0 radical (unpaired) electrons. The molecular formula is C29H24ClN3O3S. The number of carbonyl (C=O) groups is 1. The van der Waals surface area contributed by atoms with Crippen molar-refractivity contribution in [2.45, 2.75) is 23.8 Å². The summed E-state index contributed by atoms with van der Waals surface area (Å²) in [6.45, 7) is 1.96. The number of aromatic nitrogens is 2. The molecule has 6 nitrogen and oxygen atoms in total. The summed E-state index contributed by atoms with van der Waals surface area (Å²) < 4.78 is 5.48. The molecule has 0 saturated heterocycles. The second-order valence-electron chi connectivity index (χ2n) is 8.39. The fourth-order valence-electron chi connectivity index (χ4n) is 4.34. The first-order chi connectivity index (χ1) is 18.0. The average molecular weight is 530 g/mol. The fourth-order valence-corrected chi connectivity index (χ4v) is 5.29. The van der Waals surface area contributed by atoms with Gasteiger partial charge in [-0.15, -0.1) is 0 Å². The number of fused-ring (bicyclic) bond motifs is 1. The van der Waals surface area contributed by atoms with Gasteiger partial charge in [-0.25, -0.2) is 9.78 Å². The number of thioether (sulfide) groups is 1. The van der Waals surface area contributed by atoms with E-state index in [0.29, 0.717) is 38.6 Å². The second kappa shape index (κ2) is 11.1. The predicted molar refractivity (Wildman–Crippen MR) is 148 cm³/mol. The quantitative estimate of drug-likeness (QED) is 0.167. The van der Waals surface area contributed by atoms with Gasteiger partial charge in [-0.2, -0.15) is 0 Å². The molecule has 0 saturated carbocycles. The third kappa shape index (κ3) is 5.33. The number of esters is 1. The summed E-state index contributed by atoms with van der Waals surface area (Å²) in [6, 6.07) is 26.6. The Balaban J connectivity index is 1.67. The lowest BCUT2D eigenvalue weighted by Crippen LogP contribution is -2.31. The first-order valence-electron chi connectivity index (χ1n) is 11.8. The van der Waals surface area contributed by atoms with Gasteiger partial charge in [-0.3, -0.25) is 4.79 Å². The van der Waals surface area contributed by atoms with Gasteiger partial charge in [-0.05, 0) is 35.7 Å². The van der Waals surface area contributed by atoms with Crippen LogP contribution in [0.1, 0.15) is 35.1 Å². The first kappa shape index (κ1) is 24.9. The standard InChI is InChI=1S/C29H24ClN3O3S/c1-2-36-28(35)23-22(19-13-15-21(30)16-14-19)24-26(31-25(23)20-11-7-4-8-12-20)32-29(33-27(24)34)37-17-18-9-5-3-6-10-18/h3-16,22H,2,17H2,1H3,(H2,31,32,33,34). The second-order valence-corrected chi connectivity index (χ2v) is 9.79. The molecule has 2 heterocycles. The molecule has 37 heavy (non-hydrogen) atoms. The van der Waals surface area contributed by atoms with Crippen molar-refractivity contribution in [1.29, 1.82) is 0 Å². The highest BCUT2D eigenvalue weighted by molar-refractivity contribution is 7.98. The predicted octanol–water partition coefficient (Wildman–Crippen LogP) is 6.25. The lowest BCUT2D eigenvalue weighted by Gasteiger charge is -2.30. The SMILES string of the molecule is CCOC(=O)C1=C(c2ccccc2)Nc2nc(SCc3ccccc3)[nH]c(=O)c2C1c1ccc(Cl)cc1. The smallest absolute Gasteiger partial charge is 0.337 e. The van der Waals surface area contributed by atoms with Crippen molar-refractivity contribution in [3.8, 4) is 0 Å². The maximum atomic E-state index is 13.6. The maximum Gasteiger partial charge on any atom is 0.337 e. The van der Waals surface area contributed by atoms with Gasteiger partial charge in [0.1, 0.15) is 5.82 Å². The highest BCUT2D eigenvalue weighted by atomic mass is 35.5. The van der Waals surface area contributed by atoms with Crippen molar-refractivity contribution >= 4 is 40.8 Å². The number of benzene rings is 3. The van der Waals surface area contributed by atoms with Crippen LogP contribution in [0, 0.1) is 0 Å². The zero-order valence-electron chi connectivity index (χ0n) is 20.0. The molecular weight excluding hydrogens is 506 g/mol. The maximum absolute atomic E-state index is 13.6. The Labute approximate surface area is 223 Å². The molecule has 1 aromatic heterocycles. The van der Waals surface area contributed by atoms with Crippen LogP contribution >= 0.6 is 23.4 Å². The van der Waals surface area contributed by atoms with Crippen LogP contribution in [0.2, 0.25) is 5.02 Å². The number of aromatic amines is 1. The number of hydrogen-bond donors (Lipinski definition) is 2. The van der Waals surface area contributed by atoms with E-state index in [9.17, 15) is 9.59 Å². The number of nitrogens with zero attached hydrogens (tertiary/aromatic N) is 1. The van der Waals surface area contributed by atoms with Gasteiger partial charge < -0.3 is 15.0 Å². The Hall–Kier alpha value is -3.81. The summed E-state index contributed by atoms with van der Waals surface area (Å²) in [6.07, 6.45) is 0. The summed E-state index contributed by atoms with van der Waals surface area (Å²) in [5, 5.41) is 4.35. The number of ether oxygens (including phenoxy) is 1. The number of nitrogens with one attached hydrogen (secondary N) is 2. The summed E-state index contributed by atoms with van der Waals surface area (Å²) in [5.74, 6) is -0.140. The van der Waals surface area contributed by atoms with Crippen molar-refractivity contribution < 1.29 is 9.53 Å². The van der Waals surface area contributed by atoms with E-state index in [2.05, 4.69) is 10.3 Å². The molecule has 4 aromatic rings. The molecule has 186 valence electrons. The van der Waals surface area contributed by atoms with E-state index in [1.54, 1.807) is 19.1 Å². The van der Waals surface area contributed by atoms with Crippen LogP contribution in [-0.2, 0) is 15.3 Å². The van der Waals surface area contributed by atoms with Crippen LogP contribution < -0.4 is 10.9 Å². The van der Waals surface area contributed by atoms with Crippen molar-refractivity contribution in [3.63, 3.8) is 0 Å². The molecule has 0 amide bonds. The van der Waals surface area contributed by atoms with E-state index in [4.69, 9.17) is 21.3 Å². The Morgan fingerprint density at radius 3 is 2.35 bits per heavy atom. The van der Waals surface area contributed by atoms with Gasteiger partial charge in [0.25, 0.3) is 5.56 Å². The molecule has 0 spiro atoms. The molecule has 0 aliphatic carbocycles. The number of anilines is 1. The molecule has 1 unspecified atom stereocenters. The Kier molecular flexibility index (Phi) is 7.44. The highest BCUT2D eigenvalue weighted by Crippen LogP contribution is 2.43. The van der Waals surface area contributed by atoms with Gasteiger partial charge in [0, 0.05) is 10.8 Å². The Bertz CT molecular complexity index is 1500. The van der Waals surface area contributed by atoms with Gasteiger partial charge >= 0.3 is 5.97 Å². The van der Waals surface area contributed by atoms with E-state index >= 15 is 0 Å². The largest absolute Gasteiger partial charge is 0.463 e. The molecule has 5 rings (SSSR count). The van der Waals surface area contributed by atoms with Crippen LogP contribution in [0.4, 0.5) is 5.82 Å². The van der Waals surface area contributed by atoms with E-state index < -0.39 is 11.9 Å².